The maximum atomic E-state index is 12.4. The minimum absolute atomic E-state index is 0.0535. The smallest absolute Gasteiger partial charge is 0.237 e. The fraction of sp³-hybridized carbons (Fsp3) is 0.412. The Labute approximate surface area is 141 Å². The average molecular weight is 333 g/mol. The number of benzene rings is 1. The van der Waals surface area contributed by atoms with Gasteiger partial charge in [0.1, 0.15) is 0 Å². The van der Waals surface area contributed by atoms with E-state index in [2.05, 4.69) is 9.55 Å². The second-order valence-electron chi connectivity index (χ2n) is 5.29. The third-order valence-electron chi connectivity index (χ3n) is 3.78. The van der Waals surface area contributed by atoms with E-state index in [1.54, 1.807) is 19.1 Å². The van der Waals surface area contributed by atoms with Gasteiger partial charge in [0.05, 0.1) is 18.1 Å². The number of aromatic nitrogens is 2. The molecule has 1 aromatic heterocycles. The van der Waals surface area contributed by atoms with Gasteiger partial charge in [-0.25, -0.2) is 4.98 Å². The number of thioether (sulfide) groups is 1. The van der Waals surface area contributed by atoms with Crippen LogP contribution in [0, 0.1) is 13.8 Å². The lowest BCUT2D eigenvalue weighted by molar-refractivity contribution is -0.115. The molecule has 0 saturated heterocycles. The van der Waals surface area contributed by atoms with Gasteiger partial charge in [-0.1, -0.05) is 30.0 Å². The predicted molar refractivity (Wildman–Crippen MR) is 94.2 cm³/mol. The summed E-state index contributed by atoms with van der Waals surface area (Å²) in [6.07, 6.45) is 0. The number of hydrogen-bond donors (Lipinski definition) is 0. The van der Waals surface area contributed by atoms with E-state index in [1.165, 1.54) is 11.8 Å². The zero-order valence-corrected chi connectivity index (χ0v) is 14.9. The molecule has 124 valence electrons. The summed E-state index contributed by atoms with van der Waals surface area (Å²) in [5.41, 5.74) is 3.01. The first-order valence-electron chi connectivity index (χ1n) is 7.51. The third-order valence-corrected chi connectivity index (χ3v) is 4.75. The summed E-state index contributed by atoms with van der Waals surface area (Å²) in [6, 6.07) is 9.65. The number of carbonyl (C=O) groups excluding carboxylic acids is 1. The molecule has 1 aromatic carbocycles. The van der Waals surface area contributed by atoms with Crippen LogP contribution in [0.25, 0.3) is 0 Å². The molecule has 0 N–H and O–H groups in total. The Balaban J connectivity index is 2.03. The van der Waals surface area contributed by atoms with E-state index in [1.807, 2.05) is 44.2 Å². The molecule has 1 amide bonds. The van der Waals surface area contributed by atoms with Crippen LogP contribution in [0.4, 0.5) is 5.69 Å². The lowest BCUT2D eigenvalue weighted by Gasteiger charge is -2.17. The summed E-state index contributed by atoms with van der Waals surface area (Å²) in [6.45, 7) is 5.40. The van der Waals surface area contributed by atoms with Crippen LogP contribution in [0.3, 0.4) is 0 Å². The van der Waals surface area contributed by atoms with E-state index in [0.717, 1.165) is 28.8 Å². The number of carbonyl (C=O) groups is 1. The van der Waals surface area contributed by atoms with Crippen molar-refractivity contribution in [2.24, 2.45) is 0 Å². The van der Waals surface area contributed by atoms with Crippen LogP contribution in [0.15, 0.2) is 35.5 Å². The maximum Gasteiger partial charge on any atom is 0.237 e. The van der Waals surface area contributed by atoms with Crippen LogP contribution in [0.2, 0.25) is 0 Å². The summed E-state index contributed by atoms with van der Waals surface area (Å²) < 4.78 is 7.26. The molecule has 0 aliphatic carbocycles. The average Bonchev–Trinajstić information content (AvgIpc) is 2.85. The Morgan fingerprint density at radius 1 is 1.30 bits per heavy atom. The van der Waals surface area contributed by atoms with E-state index in [4.69, 9.17) is 4.74 Å². The zero-order chi connectivity index (χ0) is 16.8. The summed E-state index contributed by atoms with van der Waals surface area (Å²) in [5, 5.41) is 0.867. The number of nitrogens with zero attached hydrogens (tertiary/aromatic N) is 3. The number of para-hydroxylation sites is 1. The summed E-state index contributed by atoms with van der Waals surface area (Å²) in [5.74, 6) is 0.409. The molecule has 0 bridgehead atoms. The highest BCUT2D eigenvalue weighted by Crippen LogP contribution is 2.22. The molecule has 0 atom stereocenters. The summed E-state index contributed by atoms with van der Waals surface area (Å²) in [7, 11) is 3.48. The van der Waals surface area contributed by atoms with Crippen LogP contribution >= 0.6 is 11.8 Å². The Hall–Kier alpha value is -1.79. The van der Waals surface area contributed by atoms with Crippen LogP contribution in [0.1, 0.15) is 11.4 Å². The Morgan fingerprint density at radius 3 is 2.65 bits per heavy atom. The van der Waals surface area contributed by atoms with Crippen LogP contribution in [-0.4, -0.2) is 42.0 Å². The first kappa shape index (κ1) is 17.6. The lowest BCUT2D eigenvalue weighted by Crippen LogP contribution is -2.28. The fourth-order valence-corrected chi connectivity index (χ4v) is 3.23. The van der Waals surface area contributed by atoms with Crippen LogP contribution < -0.4 is 4.90 Å². The minimum atomic E-state index is 0.0535. The van der Waals surface area contributed by atoms with Crippen molar-refractivity contribution >= 4 is 23.4 Å². The minimum Gasteiger partial charge on any atom is -0.383 e. The summed E-state index contributed by atoms with van der Waals surface area (Å²) >= 11 is 1.47. The van der Waals surface area contributed by atoms with E-state index >= 15 is 0 Å². The predicted octanol–water partition coefficient (Wildman–Crippen LogP) is 2.90. The molecule has 0 radical (unpaired) electrons. The molecule has 0 unspecified atom stereocenters. The van der Waals surface area contributed by atoms with E-state index < -0.39 is 0 Å². The van der Waals surface area contributed by atoms with E-state index in [-0.39, 0.29) is 5.91 Å². The molecular weight excluding hydrogens is 310 g/mol. The van der Waals surface area contributed by atoms with Crippen molar-refractivity contribution < 1.29 is 9.53 Å². The van der Waals surface area contributed by atoms with Crippen molar-refractivity contribution in [3.8, 4) is 0 Å². The number of methoxy groups -OCH3 is 1. The van der Waals surface area contributed by atoms with Gasteiger partial charge in [0, 0.05) is 32.1 Å². The molecule has 6 heteroatoms. The highest BCUT2D eigenvalue weighted by atomic mass is 32.2. The highest BCUT2D eigenvalue weighted by molar-refractivity contribution is 7.99. The van der Waals surface area contributed by atoms with Crippen LogP contribution in [-0.2, 0) is 16.1 Å². The van der Waals surface area contributed by atoms with Crippen molar-refractivity contribution in [1.82, 2.24) is 9.55 Å². The number of rotatable bonds is 7. The standard InChI is InChI=1S/C17H23N3O2S/c1-13-14(2)20(10-11-22-4)17(18-13)23-12-16(21)19(3)15-8-6-5-7-9-15/h5-9H,10-12H2,1-4H3. The number of anilines is 1. The van der Waals surface area contributed by atoms with Crippen molar-refractivity contribution in [1.29, 1.82) is 0 Å². The van der Waals surface area contributed by atoms with Crippen LogP contribution in [0.5, 0.6) is 0 Å². The van der Waals surface area contributed by atoms with Crippen molar-refractivity contribution in [2.75, 3.05) is 31.4 Å². The molecule has 0 aliphatic rings. The van der Waals surface area contributed by atoms with Gasteiger partial charge in [-0.15, -0.1) is 0 Å². The molecule has 0 fully saturated rings. The molecule has 0 aliphatic heterocycles. The molecule has 2 aromatic rings. The maximum absolute atomic E-state index is 12.4. The number of imidazole rings is 1. The second kappa shape index (κ2) is 8.17. The van der Waals surface area contributed by atoms with Gasteiger partial charge in [-0.2, -0.15) is 0 Å². The molecule has 1 heterocycles. The second-order valence-corrected chi connectivity index (χ2v) is 6.23. The molecule has 0 saturated carbocycles. The van der Waals surface area contributed by atoms with Gasteiger partial charge in [0.15, 0.2) is 5.16 Å². The highest BCUT2D eigenvalue weighted by Gasteiger charge is 2.15. The number of amides is 1. The number of aryl methyl sites for hydroxylation is 1. The van der Waals surface area contributed by atoms with E-state index in [0.29, 0.717) is 12.4 Å². The number of hydrogen-bond acceptors (Lipinski definition) is 4. The molecular formula is C17H23N3O2S. The SMILES string of the molecule is COCCn1c(SCC(=O)N(C)c2ccccc2)nc(C)c1C. The van der Waals surface area contributed by atoms with Gasteiger partial charge < -0.3 is 14.2 Å². The topological polar surface area (TPSA) is 47.4 Å². The van der Waals surface area contributed by atoms with Gasteiger partial charge in [-0.05, 0) is 26.0 Å². The molecule has 23 heavy (non-hydrogen) atoms. The zero-order valence-electron chi connectivity index (χ0n) is 14.1. The van der Waals surface area contributed by atoms with E-state index in [9.17, 15) is 4.79 Å². The normalized spacial score (nSPS) is 10.8. The lowest BCUT2D eigenvalue weighted by atomic mass is 10.3. The largest absolute Gasteiger partial charge is 0.383 e. The van der Waals surface area contributed by atoms with Crippen molar-refractivity contribution in [2.45, 2.75) is 25.5 Å². The monoisotopic (exact) mass is 333 g/mol. The van der Waals surface area contributed by atoms with Gasteiger partial charge >= 0.3 is 0 Å². The Kier molecular flexibility index (Phi) is 6.24. The molecule has 2 rings (SSSR count). The molecule has 0 spiro atoms. The number of ether oxygens (including phenoxy) is 1. The van der Waals surface area contributed by atoms with Gasteiger partial charge in [0.2, 0.25) is 5.91 Å². The first-order chi connectivity index (χ1) is 11.0. The van der Waals surface area contributed by atoms with Gasteiger partial charge in [0.25, 0.3) is 0 Å². The first-order valence-corrected chi connectivity index (χ1v) is 8.50. The van der Waals surface area contributed by atoms with Crippen molar-refractivity contribution in [3.63, 3.8) is 0 Å². The fourth-order valence-electron chi connectivity index (χ4n) is 2.20. The van der Waals surface area contributed by atoms with Crippen molar-refractivity contribution in [3.05, 3.63) is 41.7 Å². The third kappa shape index (κ3) is 4.36. The Bertz CT molecular complexity index is 655. The quantitative estimate of drug-likeness (QED) is 0.731. The Morgan fingerprint density at radius 2 is 2.00 bits per heavy atom. The summed E-state index contributed by atoms with van der Waals surface area (Å²) in [4.78, 5) is 18.6. The van der Waals surface area contributed by atoms with Gasteiger partial charge in [-0.3, -0.25) is 4.79 Å². The molecule has 5 nitrogen and oxygen atoms in total.